The fourth-order valence-corrected chi connectivity index (χ4v) is 1.70. The van der Waals surface area contributed by atoms with Crippen LogP contribution in [0.2, 0.25) is 0 Å². The molecule has 0 aliphatic carbocycles. The van der Waals surface area contributed by atoms with Crippen LogP contribution in [0.1, 0.15) is 30.5 Å². The van der Waals surface area contributed by atoms with Gasteiger partial charge >= 0.3 is 6.18 Å². The molecule has 1 aromatic rings. The van der Waals surface area contributed by atoms with Gasteiger partial charge in [-0.3, -0.25) is 0 Å². The Labute approximate surface area is 104 Å². The van der Waals surface area contributed by atoms with Crippen molar-refractivity contribution in [2.24, 2.45) is 0 Å². The minimum absolute atomic E-state index is 0.00956. The molecule has 0 fully saturated rings. The van der Waals surface area contributed by atoms with Crippen LogP contribution < -0.4 is 5.32 Å². The van der Waals surface area contributed by atoms with Crippen molar-refractivity contribution in [2.75, 3.05) is 7.05 Å². The maximum absolute atomic E-state index is 13.6. The highest BCUT2D eigenvalue weighted by Crippen LogP contribution is 2.32. The summed E-state index contributed by atoms with van der Waals surface area (Å²) in [6.07, 6.45) is -4.08. The molecule has 0 saturated heterocycles. The van der Waals surface area contributed by atoms with Crippen molar-refractivity contribution in [2.45, 2.75) is 25.6 Å². The summed E-state index contributed by atoms with van der Waals surface area (Å²) in [5.41, 5.74) is -0.0673. The fourth-order valence-electron chi connectivity index (χ4n) is 1.70. The van der Waals surface area contributed by atoms with Gasteiger partial charge in [0.2, 0.25) is 0 Å². The van der Waals surface area contributed by atoms with Crippen LogP contribution in [0.5, 0.6) is 0 Å². The summed E-state index contributed by atoms with van der Waals surface area (Å²) < 4.78 is 51.3. The lowest BCUT2D eigenvalue weighted by Gasteiger charge is -2.19. The van der Waals surface area contributed by atoms with Gasteiger partial charge in [-0.1, -0.05) is 5.57 Å². The normalized spacial score (nSPS) is 13.4. The van der Waals surface area contributed by atoms with Gasteiger partial charge in [0.15, 0.2) is 0 Å². The average Bonchev–Trinajstić information content (AvgIpc) is 2.25. The third-order valence-corrected chi connectivity index (χ3v) is 2.60. The van der Waals surface area contributed by atoms with Crippen LogP contribution in [-0.4, -0.2) is 7.05 Å². The molecule has 0 heterocycles. The highest BCUT2D eigenvalue weighted by atomic mass is 19.4. The quantitative estimate of drug-likeness (QED) is 0.636. The zero-order chi connectivity index (χ0) is 13.9. The van der Waals surface area contributed by atoms with Crippen molar-refractivity contribution < 1.29 is 17.6 Å². The van der Waals surface area contributed by atoms with Crippen LogP contribution in [0.15, 0.2) is 30.4 Å². The predicted molar refractivity (Wildman–Crippen MR) is 62.6 cm³/mol. The van der Waals surface area contributed by atoms with E-state index in [4.69, 9.17) is 0 Å². The topological polar surface area (TPSA) is 12.0 Å². The Morgan fingerprint density at radius 3 is 2.44 bits per heavy atom. The molecule has 0 aromatic heterocycles. The Morgan fingerprint density at radius 1 is 1.39 bits per heavy atom. The highest BCUT2D eigenvalue weighted by molar-refractivity contribution is 5.30. The molecule has 5 heteroatoms. The molecule has 0 amide bonds. The lowest BCUT2D eigenvalue weighted by molar-refractivity contribution is -0.137. The van der Waals surface area contributed by atoms with Crippen LogP contribution in [0.25, 0.3) is 0 Å². The van der Waals surface area contributed by atoms with Gasteiger partial charge in [-0.25, -0.2) is 4.39 Å². The van der Waals surface area contributed by atoms with E-state index in [1.54, 1.807) is 14.0 Å². The molecule has 0 spiro atoms. The monoisotopic (exact) mass is 261 g/mol. The second kappa shape index (κ2) is 5.52. The molecule has 1 atom stereocenters. The van der Waals surface area contributed by atoms with Gasteiger partial charge in [0, 0.05) is 11.6 Å². The van der Waals surface area contributed by atoms with Crippen LogP contribution in [-0.2, 0) is 6.18 Å². The van der Waals surface area contributed by atoms with Crippen molar-refractivity contribution in [3.05, 3.63) is 47.3 Å². The molecule has 0 radical (unpaired) electrons. The molecule has 0 saturated carbocycles. The maximum atomic E-state index is 13.6. The Hall–Kier alpha value is -1.36. The SMILES string of the molecule is C=C(C)CC(NC)c1cc(C(F)(F)F)ccc1F. The van der Waals surface area contributed by atoms with Gasteiger partial charge in [-0.15, -0.1) is 6.58 Å². The maximum Gasteiger partial charge on any atom is 0.416 e. The largest absolute Gasteiger partial charge is 0.416 e. The van der Waals surface area contributed by atoms with E-state index in [0.717, 1.165) is 23.8 Å². The highest BCUT2D eigenvalue weighted by Gasteiger charge is 2.31. The van der Waals surface area contributed by atoms with E-state index in [1.165, 1.54) is 0 Å². The third-order valence-electron chi connectivity index (χ3n) is 2.60. The smallest absolute Gasteiger partial charge is 0.313 e. The van der Waals surface area contributed by atoms with Gasteiger partial charge in [-0.2, -0.15) is 13.2 Å². The standard InChI is InChI=1S/C13H15F4N/c1-8(2)6-12(18-3)10-7-9(13(15,16)17)4-5-11(10)14/h4-5,7,12,18H,1,6H2,2-3H3. The number of benzene rings is 1. The number of nitrogens with one attached hydrogen (secondary N) is 1. The summed E-state index contributed by atoms with van der Waals surface area (Å²) in [7, 11) is 1.58. The van der Waals surface area contributed by atoms with Gasteiger partial charge in [0.25, 0.3) is 0 Å². The van der Waals surface area contributed by atoms with Gasteiger partial charge in [0.05, 0.1) is 5.56 Å². The minimum Gasteiger partial charge on any atom is -0.313 e. The van der Waals surface area contributed by atoms with Crippen LogP contribution in [0.4, 0.5) is 17.6 Å². The summed E-state index contributed by atoms with van der Waals surface area (Å²) in [5, 5.41) is 2.80. The average molecular weight is 261 g/mol. The summed E-state index contributed by atoms with van der Waals surface area (Å²) in [6.45, 7) is 5.43. The van der Waals surface area contributed by atoms with E-state index in [2.05, 4.69) is 11.9 Å². The first-order valence-electron chi connectivity index (χ1n) is 5.44. The van der Waals surface area contributed by atoms with Crippen molar-refractivity contribution in [3.8, 4) is 0 Å². The van der Waals surface area contributed by atoms with Gasteiger partial charge in [-0.05, 0) is 38.6 Å². The fraction of sp³-hybridized carbons (Fsp3) is 0.385. The summed E-state index contributed by atoms with van der Waals surface area (Å²) in [5.74, 6) is -0.649. The van der Waals surface area contributed by atoms with Crippen molar-refractivity contribution >= 4 is 0 Å². The zero-order valence-corrected chi connectivity index (χ0v) is 10.2. The molecule has 1 aromatic carbocycles. The third kappa shape index (κ3) is 3.57. The van der Waals surface area contributed by atoms with E-state index < -0.39 is 23.6 Å². The molecule has 1 N–H and O–H groups in total. The van der Waals surface area contributed by atoms with E-state index in [9.17, 15) is 17.6 Å². The molecule has 0 aliphatic rings. The second-order valence-corrected chi connectivity index (χ2v) is 4.24. The van der Waals surface area contributed by atoms with Crippen molar-refractivity contribution in [3.63, 3.8) is 0 Å². The molecular weight excluding hydrogens is 246 g/mol. The molecule has 1 unspecified atom stereocenters. The Morgan fingerprint density at radius 2 is 2.00 bits per heavy atom. The molecule has 0 aliphatic heterocycles. The zero-order valence-electron chi connectivity index (χ0n) is 10.2. The summed E-state index contributed by atoms with van der Waals surface area (Å²) >= 11 is 0. The summed E-state index contributed by atoms with van der Waals surface area (Å²) in [6, 6.07) is 1.93. The van der Waals surface area contributed by atoms with Gasteiger partial charge < -0.3 is 5.32 Å². The number of alkyl halides is 3. The van der Waals surface area contributed by atoms with Crippen LogP contribution in [0, 0.1) is 5.82 Å². The Kier molecular flexibility index (Phi) is 4.51. The van der Waals surface area contributed by atoms with Crippen LogP contribution in [0.3, 0.4) is 0 Å². The van der Waals surface area contributed by atoms with E-state index >= 15 is 0 Å². The molecule has 1 nitrogen and oxygen atoms in total. The number of rotatable bonds is 4. The molecule has 18 heavy (non-hydrogen) atoms. The number of hydrogen-bond donors (Lipinski definition) is 1. The minimum atomic E-state index is -4.47. The van der Waals surface area contributed by atoms with Crippen molar-refractivity contribution in [1.29, 1.82) is 0 Å². The Balaban J connectivity index is 3.17. The van der Waals surface area contributed by atoms with E-state index in [1.807, 2.05) is 0 Å². The summed E-state index contributed by atoms with van der Waals surface area (Å²) in [4.78, 5) is 0. The lowest BCUT2D eigenvalue weighted by atomic mass is 9.98. The Bertz CT molecular complexity index is 437. The molecule has 1 rings (SSSR count). The van der Waals surface area contributed by atoms with E-state index in [-0.39, 0.29) is 5.56 Å². The van der Waals surface area contributed by atoms with Gasteiger partial charge in [0.1, 0.15) is 5.82 Å². The lowest BCUT2D eigenvalue weighted by Crippen LogP contribution is -2.19. The first kappa shape index (κ1) is 14.7. The van der Waals surface area contributed by atoms with E-state index in [0.29, 0.717) is 6.42 Å². The molecule has 100 valence electrons. The molecular formula is C13H15F4N. The van der Waals surface area contributed by atoms with Crippen LogP contribution >= 0.6 is 0 Å². The first-order valence-corrected chi connectivity index (χ1v) is 5.44. The first-order chi connectivity index (χ1) is 8.25. The molecule has 0 bridgehead atoms. The van der Waals surface area contributed by atoms with Crippen molar-refractivity contribution in [1.82, 2.24) is 5.32 Å². The number of hydrogen-bond acceptors (Lipinski definition) is 1. The second-order valence-electron chi connectivity index (χ2n) is 4.24. The predicted octanol–water partition coefficient (Wildman–Crippen LogP) is 4.07. The number of halogens is 4.